The van der Waals surface area contributed by atoms with Gasteiger partial charge in [0.25, 0.3) is 0 Å². The monoisotopic (exact) mass is 392 g/mol. The van der Waals surface area contributed by atoms with Crippen LogP contribution in [-0.4, -0.2) is 64.4 Å². The van der Waals surface area contributed by atoms with Gasteiger partial charge in [-0.3, -0.25) is 4.99 Å². The smallest absolute Gasteiger partial charge is 0.191 e. The summed E-state index contributed by atoms with van der Waals surface area (Å²) in [5.41, 5.74) is 1.19. The second-order valence-electron chi connectivity index (χ2n) is 7.53. The highest BCUT2D eigenvalue weighted by Gasteiger charge is 2.12. The van der Waals surface area contributed by atoms with Crippen molar-refractivity contribution in [3.8, 4) is 5.75 Å². The number of rotatable bonds is 13. The van der Waals surface area contributed by atoms with E-state index in [2.05, 4.69) is 60.6 Å². The van der Waals surface area contributed by atoms with Crippen molar-refractivity contribution in [2.45, 2.75) is 46.3 Å². The Kier molecular flexibility index (Phi) is 12.3. The maximum Gasteiger partial charge on any atom is 0.191 e. The van der Waals surface area contributed by atoms with E-state index in [9.17, 15) is 0 Å². The van der Waals surface area contributed by atoms with Crippen molar-refractivity contribution in [1.29, 1.82) is 0 Å². The summed E-state index contributed by atoms with van der Waals surface area (Å²) in [6.07, 6.45) is 2.27. The Balaban J connectivity index is 2.33. The fourth-order valence-electron chi connectivity index (χ4n) is 2.84. The predicted molar refractivity (Wildman–Crippen MR) is 118 cm³/mol. The van der Waals surface area contributed by atoms with Crippen LogP contribution in [0.2, 0.25) is 0 Å². The average molecular weight is 393 g/mol. The molecule has 0 bridgehead atoms. The van der Waals surface area contributed by atoms with E-state index in [0.717, 1.165) is 57.4 Å². The molecule has 0 radical (unpaired) electrons. The number of ether oxygens (including phenoxy) is 2. The van der Waals surface area contributed by atoms with Gasteiger partial charge >= 0.3 is 0 Å². The lowest BCUT2D eigenvalue weighted by molar-refractivity contribution is 0.0258. The summed E-state index contributed by atoms with van der Waals surface area (Å²) in [5.74, 6) is 2.24. The van der Waals surface area contributed by atoms with Gasteiger partial charge in [0.2, 0.25) is 0 Å². The van der Waals surface area contributed by atoms with Crippen LogP contribution < -0.4 is 15.4 Å². The second kappa shape index (κ2) is 14.2. The van der Waals surface area contributed by atoms with E-state index in [1.165, 1.54) is 5.56 Å². The Morgan fingerprint density at radius 1 is 1.14 bits per heavy atom. The summed E-state index contributed by atoms with van der Waals surface area (Å²) < 4.78 is 11.6. The molecule has 0 aliphatic carbocycles. The fourth-order valence-corrected chi connectivity index (χ4v) is 2.84. The van der Waals surface area contributed by atoms with Crippen LogP contribution in [0.25, 0.3) is 0 Å². The Hall–Kier alpha value is -1.79. The van der Waals surface area contributed by atoms with Crippen LogP contribution in [0.15, 0.2) is 29.3 Å². The minimum absolute atomic E-state index is 0.279. The molecule has 1 aromatic carbocycles. The fraction of sp³-hybridized carbons (Fsp3) is 0.682. The van der Waals surface area contributed by atoms with Crippen LogP contribution in [0, 0.1) is 5.92 Å². The number of nitrogens with zero attached hydrogens (tertiary/aromatic N) is 2. The molecule has 2 N–H and O–H groups in total. The lowest BCUT2D eigenvalue weighted by Gasteiger charge is -2.21. The van der Waals surface area contributed by atoms with Gasteiger partial charge in [-0.15, -0.1) is 0 Å². The first kappa shape index (κ1) is 24.2. The molecule has 0 saturated carbocycles. The third-order valence-corrected chi connectivity index (χ3v) is 4.47. The number of hydrogen-bond donors (Lipinski definition) is 2. The molecule has 6 heteroatoms. The average Bonchev–Trinajstić information content (AvgIpc) is 2.67. The highest BCUT2D eigenvalue weighted by Crippen LogP contribution is 2.12. The van der Waals surface area contributed by atoms with E-state index < -0.39 is 0 Å². The van der Waals surface area contributed by atoms with E-state index in [4.69, 9.17) is 9.47 Å². The molecule has 0 aliphatic heterocycles. The third-order valence-electron chi connectivity index (χ3n) is 4.47. The highest BCUT2D eigenvalue weighted by molar-refractivity contribution is 5.79. The number of nitrogens with one attached hydrogen (secondary N) is 2. The molecule has 6 nitrogen and oxygen atoms in total. The first-order valence-corrected chi connectivity index (χ1v) is 10.4. The number of aliphatic imine (C=N–C) groups is 1. The van der Waals surface area contributed by atoms with Crippen molar-refractivity contribution in [3.05, 3.63) is 29.8 Å². The number of hydrogen-bond acceptors (Lipinski definition) is 4. The van der Waals surface area contributed by atoms with Crippen molar-refractivity contribution in [2.75, 3.05) is 47.4 Å². The predicted octanol–water partition coefficient (Wildman–Crippen LogP) is 3.13. The zero-order chi connectivity index (χ0) is 20.8. The molecule has 160 valence electrons. The summed E-state index contributed by atoms with van der Waals surface area (Å²) in [5, 5.41) is 6.73. The van der Waals surface area contributed by atoms with E-state index in [-0.39, 0.29) is 6.10 Å². The molecule has 0 fully saturated rings. The van der Waals surface area contributed by atoms with Crippen molar-refractivity contribution in [1.82, 2.24) is 15.5 Å². The molecule has 1 unspecified atom stereocenters. The molecule has 1 atom stereocenters. The summed E-state index contributed by atoms with van der Waals surface area (Å²) >= 11 is 0. The minimum Gasteiger partial charge on any atom is -0.494 e. The summed E-state index contributed by atoms with van der Waals surface area (Å²) in [6.45, 7) is 10.5. The van der Waals surface area contributed by atoms with Crippen LogP contribution in [0.3, 0.4) is 0 Å². The summed E-state index contributed by atoms with van der Waals surface area (Å²) in [7, 11) is 5.95. The van der Waals surface area contributed by atoms with Crippen molar-refractivity contribution < 1.29 is 9.47 Å². The van der Waals surface area contributed by atoms with Gasteiger partial charge in [0.15, 0.2) is 5.96 Å². The quantitative estimate of drug-likeness (QED) is 0.307. The number of guanidine groups is 1. The standard InChI is InChI=1S/C22H40N4O2/c1-7-27-21(18(2)3)13-14-24-22(23-4)25-17-19-9-11-20(12-10-19)28-16-8-15-26(5)6/h9-12,18,21H,7-8,13-17H2,1-6H3,(H2,23,24,25). The Morgan fingerprint density at radius 3 is 2.43 bits per heavy atom. The highest BCUT2D eigenvalue weighted by atomic mass is 16.5. The van der Waals surface area contributed by atoms with Crippen LogP contribution in [0.4, 0.5) is 0 Å². The first-order chi connectivity index (χ1) is 13.5. The van der Waals surface area contributed by atoms with Gasteiger partial charge in [-0.1, -0.05) is 26.0 Å². The molecule has 1 aromatic rings. The van der Waals surface area contributed by atoms with Gasteiger partial charge in [-0.25, -0.2) is 0 Å². The third kappa shape index (κ3) is 10.5. The SMILES string of the molecule is CCOC(CCNC(=NC)NCc1ccc(OCCCN(C)C)cc1)C(C)C. The van der Waals surface area contributed by atoms with Gasteiger partial charge in [0, 0.05) is 33.3 Å². The van der Waals surface area contributed by atoms with Gasteiger partial charge < -0.3 is 25.0 Å². The van der Waals surface area contributed by atoms with Gasteiger partial charge in [0.05, 0.1) is 12.7 Å². The zero-order valence-corrected chi connectivity index (χ0v) is 18.6. The molecular formula is C22H40N4O2. The van der Waals surface area contributed by atoms with Crippen molar-refractivity contribution in [3.63, 3.8) is 0 Å². The van der Waals surface area contributed by atoms with E-state index in [1.54, 1.807) is 7.05 Å². The van der Waals surface area contributed by atoms with Gasteiger partial charge in [-0.05, 0) is 57.5 Å². The number of benzene rings is 1. The van der Waals surface area contributed by atoms with E-state index in [1.807, 2.05) is 19.1 Å². The van der Waals surface area contributed by atoms with Crippen LogP contribution >= 0.6 is 0 Å². The molecule has 0 amide bonds. The largest absolute Gasteiger partial charge is 0.494 e. The Morgan fingerprint density at radius 2 is 1.86 bits per heavy atom. The lowest BCUT2D eigenvalue weighted by atomic mass is 10.0. The normalized spacial score (nSPS) is 13.1. The topological polar surface area (TPSA) is 58.1 Å². The molecular weight excluding hydrogens is 352 g/mol. The molecule has 0 aliphatic rings. The van der Waals surface area contributed by atoms with Crippen molar-refractivity contribution >= 4 is 5.96 Å². The lowest BCUT2D eigenvalue weighted by Crippen LogP contribution is -2.38. The Labute approximate surface area is 171 Å². The molecule has 0 saturated heterocycles. The maximum atomic E-state index is 5.79. The van der Waals surface area contributed by atoms with Crippen LogP contribution in [-0.2, 0) is 11.3 Å². The van der Waals surface area contributed by atoms with Crippen LogP contribution in [0.5, 0.6) is 5.75 Å². The van der Waals surface area contributed by atoms with E-state index >= 15 is 0 Å². The van der Waals surface area contributed by atoms with Crippen molar-refractivity contribution in [2.24, 2.45) is 10.9 Å². The van der Waals surface area contributed by atoms with E-state index in [0.29, 0.717) is 5.92 Å². The Bertz CT molecular complexity index is 544. The minimum atomic E-state index is 0.279. The molecule has 28 heavy (non-hydrogen) atoms. The molecule has 0 aromatic heterocycles. The van der Waals surface area contributed by atoms with Crippen LogP contribution in [0.1, 0.15) is 39.2 Å². The molecule has 1 rings (SSSR count). The summed E-state index contributed by atoms with van der Waals surface area (Å²) in [4.78, 5) is 6.46. The maximum absolute atomic E-state index is 5.79. The zero-order valence-electron chi connectivity index (χ0n) is 18.6. The summed E-state index contributed by atoms with van der Waals surface area (Å²) in [6, 6.07) is 8.23. The molecule has 0 spiro atoms. The van der Waals surface area contributed by atoms with Gasteiger partial charge in [-0.2, -0.15) is 0 Å². The second-order valence-corrected chi connectivity index (χ2v) is 7.53. The molecule has 0 heterocycles. The van der Waals surface area contributed by atoms with Gasteiger partial charge in [0.1, 0.15) is 5.75 Å². The first-order valence-electron chi connectivity index (χ1n) is 10.4.